The largest absolute Gasteiger partial charge is 0.493 e. The second-order valence-electron chi connectivity index (χ2n) is 6.22. The van der Waals surface area contributed by atoms with Crippen LogP contribution in [0, 0.1) is 0 Å². The molecule has 4 nitrogen and oxygen atoms in total. The van der Waals surface area contributed by atoms with E-state index in [0.717, 1.165) is 5.56 Å². The topological polar surface area (TPSA) is 44.8 Å². The molecule has 0 saturated heterocycles. The Balaban J connectivity index is 2.39. The first-order chi connectivity index (χ1) is 9.79. The molecule has 0 saturated carbocycles. The van der Waals surface area contributed by atoms with E-state index in [1.807, 2.05) is 12.1 Å². The van der Waals surface area contributed by atoms with Gasteiger partial charge in [0.05, 0.1) is 22.3 Å². The molecule has 0 radical (unpaired) electrons. The van der Waals surface area contributed by atoms with E-state index in [0.29, 0.717) is 23.5 Å². The summed E-state index contributed by atoms with van der Waals surface area (Å²) < 4.78 is 16.1. The molecule has 0 N–H and O–H groups in total. The molecule has 0 aliphatic carbocycles. The summed E-state index contributed by atoms with van der Waals surface area (Å²) in [5.74, 6) is 0.633. The molecule has 0 amide bonds. The Hall–Kier alpha value is -1.75. The van der Waals surface area contributed by atoms with Crippen molar-refractivity contribution in [2.45, 2.75) is 32.2 Å². The van der Waals surface area contributed by atoms with E-state index in [-0.39, 0.29) is 12.1 Å². The lowest BCUT2D eigenvalue weighted by Gasteiger charge is -2.22. The second kappa shape index (κ2) is 5.56. The fraction of sp³-hybridized carbons (Fsp3) is 0.438. The zero-order chi connectivity index (χ0) is 15.8. The molecular formula is C16H22O4Si. The molecule has 1 atom stereocenters. The number of carbonyl (C=O) groups is 1. The van der Waals surface area contributed by atoms with Gasteiger partial charge in [-0.2, -0.15) is 0 Å². The Morgan fingerprint density at radius 3 is 2.48 bits per heavy atom. The number of hydrogen-bond acceptors (Lipinski definition) is 4. The Kier molecular flexibility index (Phi) is 4.14. The third kappa shape index (κ3) is 2.83. The van der Waals surface area contributed by atoms with Crippen LogP contribution in [-0.4, -0.2) is 28.3 Å². The van der Waals surface area contributed by atoms with Crippen LogP contribution in [-0.2, 0) is 4.74 Å². The van der Waals surface area contributed by atoms with Crippen LogP contribution in [0.3, 0.4) is 0 Å². The predicted molar refractivity (Wildman–Crippen MR) is 84.8 cm³/mol. The first-order valence-electron chi connectivity index (χ1n) is 6.93. The zero-order valence-corrected chi connectivity index (χ0v) is 14.3. The molecule has 0 bridgehead atoms. The fourth-order valence-electron chi connectivity index (χ4n) is 2.35. The van der Waals surface area contributed by atoms with E-state index in [4.69, 9.17) is 14.2 Å². The normalized spacial score (nSPS) is 17.2. The van der Waals surface area contributed by atoms with Gasteiger partial charge in [-0.3, -0.25) is 0 Å². The van der Waals surface area contributed by atoms with Crippen LogP contribution in [0.2, 0.25) is 19.6 Å². The summed E-state index contributed by atoms with van der Waals surface area (Å²) in [5, 5.41) is 1.18. The molecule has 114 valence electrons. The maximum absolute atomic E-state index is 12.2. The first-order valence-corrected chi connectivity index (χ1v) is 10.4. The van der Waals surface area contributed by atoms with Crippen LogP contribution in [0.15, 0.2) is 23.9 Å². The SMILES string of the molecule is C=C(CC1OC(=O)c2c1ccc(OC)c2OC)[Si](C)(C)C. The Bertz CT molecular complexity index is 587. The lowest BCUT2D eigenvalue weighted by molar-refractivity contribution is 0.0388. The molecule has 0 spiro atoms. The maximum atomic E-state index is 12.2. The standard InChI is InChI=1S/C16H22O4Si/c1-10(21(4,5)6)9-13-11-7-8-12(18-2)15(19-3)14(11)16(17)20-13/h7-8,13H,1,9H2,2-6H3. The molecular weight excluding hydrogens is 284 g/mol. The minimum atomic E-state index is -1.45. The average Bonchev–Trinajstić information content (AvgIpc) is 2.73. The van der Waals surface area contributed by atoms with Gasteiger partial charge in [0, 0.05) is 12.0 Å². The third-order valence-electron chi connectivity index (χ3n) is 3.87. The van der Waals surface area contributed by atoms with Crippen LogP contribution in [0.5, 0.6) is 11.5 Å². The van der Waals surface area contributed by atoms with Gasteiger partial charge in [0.25, 0.3) is 0 Å². The van der Waals surface area contributed by atoms with Gasteiger partial charge in [0.2, 0.25) is 0 Å². The number of methoxy groups -OCH3 is 2. The lowest BCUT2D eigenvalue weighted by atomic mass is 10.0. The molecule has 5 heteroatoms. The fourth-order valence-corrected chi connectivity index (χ4v) is 3.15. The van der Waals surface area contributed by atoms with Gasteiger partial charge >= 0.3 is 5.97 Å². The highest BCUT2D eigenvalue weighted by molar-refractivity contribution is 6.82. The van der Waals surface area contributed by atoms with Gasteiger partial charge in [-0.05, 0) is 6.07 Å². The third-order valence-corrected chi connectivity index (χ3v) is 6.20. The van der Waals surface area contributed by atoms with Crippen LogP contribution in [0.1, 0.15) is 28.4 Å². The van der Waals surface area contributed by atoms with E-state index in [1.165, 1.54) is 12.3 Å². The molecule has 2 rings (SSSR count). The molecule has 1 aliphatic rings. The summed E-state index contributed by atoms with van der Waals surface area (Å²) in [4.78, 5) is 12.2. The van der Waals surface area contributed by atoms with E-state index >= 15 is 0 Å². The van der Waals surface area contributed by atoms with Gasteiger partial charge in [-0.1, -0.05) is 30.9 Å². The van der Waals surface area contributed by atoms with Crippen molar-refractivity contribution < 1.29 is 19.0 Å². The summed E-state index contributed by atoms with van der Waals surface area (Å²) in [7, 11) is 1.63. The minimum absolute atomic E-state index is 0.272. The van der Waals surface area contributed by atoms with Gasteiger partial charge in [0.1, 0.15) is 11.7 Å². The van der Waals surface area contributed by atoms with E-state index in [9.17, 15) is 4.79 Å². The molecule has 1 aromatic carbocycles. The highest BCUT2D eigenvalue weighted by atomic mass is 28.3. The highest BCUT2D eigenvalue weighted by Gasteiger charge is 2.37. The van der Waals surface area contributed by atoms with Gasteiger partial charge in [-0.25, -0.2) is 4.79 Å². The Morgan fingerprint density at radius 2 is 1.95 bits per heavy atom. The van der Waals surface area contributed by atoms with Crippen LogP contribution in [0.25, 0.3) is 0 Å². The average molecular weight is 306 g/mol. The number of rotatable bonds is 5. The second-order valence-corrected chi connectivity index (χ2v) is 11.4. The van der Waals surface area contributed by atoms with Crippen molar-refractivity contribution in [3.05, 3.63) is 35.0 Å². The predicted octanol–water partition coefficient (Wildman–Crippen LogP) is 3.74. The monoisotopic (exact) mass is 306 g/mol. The van der Waals surface area contributed by atoms with Crippen molar-refractivity contribution in [1.82, 2.24) is 0 Å². The number of ether oxygens (including phenoxy) is 3. The summed E-state index contributed by atoms with van der Waals surface area (Å²) in [6.45, 7) is 10.9. The molecule has 1 unspecified atom stereocenters. The minimum Gasteiger partial charge on any atom is -0.493 e. The van der Waals surface area contributed by atoms with Crippen molar-refractivity contribution in [1.29, 1.82) is 0 Å². The summed E-state index contributed by atoms with van der Waals surface area (Å²) in [5.41, 5.74) is 1.34. The van der Waals surface area contributed by atoms with Crippen LogP contribution >= 0.6 is 0 Å². The summed E-state index contributed by atoms with van der Waals surface area (Å²) in [6.07, 6.45) is 0.399. The van der Waals surface area contributed by atoms with Gasteiger partial charge in [-0.15, -0.1) is 6.58 Å². The number of fused-ring (bicyclic) bond motifs is 1. The number of esters is 1. The van der Waals surface area contributed by atoms with Crippen molar-refractivity contribution in [2.24, 2.45) is 0 Å². The highest BCUT2D eigenvalue weighted by Crippen LogP contribution is 2.44. The van der Waals surface area contributed by atoms with E-state index < -0.39 is 8.07 Å². The Morgan fingerprint density at radius 1 is 1.29 bits per heavy atom. The molecule has 1 heterocycles. The molecule has 1 aromatic rings. The zero-order valence-electron chi connectivity index (χ0n) is 13.3. The van der Waals surface area contributed by atoms with E-state index in [2.05, 4.69) is 26.2 Å². The number of cyclic esters (lactones) is 1. The van der Waals surface area contributed by atoms with Crippen molar-refractivity contribution in [3.63, 3.8) is 0 Å². The summed E-state index contributed by atoms with van der Waals surface area (Å²) in [6, 6.07) is 3.69. The molecule has 1 aliphatic heterocycles. The van der Waals surface area contributed by atoms with Gasteiger partial charge < -0.3 is 14.2 Å². The smallest absolute Gasteiger partial charge is 0.343 e. The van der Waals surface area contributed by atoms with Crippen molar-refractivity contribution in [2.75, 3.05) is 14.2 Å². The van der Waals surface area contributed by atoms with Crippen molar-refractivity contribution >= 4 is 14.0 Å². The summed E-state index contributed by atoms with van der Waals surface area (Å²) >= 11 is 0. The van der Waals surface area contributed by atoms with Crippen LogP contribution in [0.4, 0.5) is 0 Å². The van der Waals surface area contributed by atoms with Gasteiger partial charge in [0.15, 0.2) is 11.5 Å². The quantitative estimate of drug-likeness (QED) is 0.614. The van der Waals surface area contributed by atoms with Crippen LogP contribution < -0.4 is 9.47 Å². The molecule has 21 heavy (non-hydrogen) atoms. The molecule has 0 aromatic heterocycles. The number of hydrogen-bond donors (Lipinski definition) is 0. The maximum Gasteiger partial charge on any atom is 0.343 e. The molecule has 0 fully saturated rings. The number of carbonyl (C=O) groups excluding carboxylic acids is 1. The van der Waals surface area contributed by atoms with E-state index in [1.54, 1.807) is 7.11 Å². The van der Waals surface area contributed by atoms with Crippen molar-refractivity contribution in [3.8, 4) is 11.5 Å². The first kappa shape index (κ1) is 15.6. The Labute approximate surface area is 126 Å². The lowest BCUT2D eigenvalue weighted by Crippen LogP contribution is -2.24. The number of benzene rings is 1.